The van der Waals surface area contributed by atoms with Crippen molar-refractivity contribution in [2.45, 2.75) is 26.5 Å². The molecule has 1 aromatic rings. The first kappa shape index (κ1) is 13.7. The second-order valence-electron chi connectivity index (χ2n) is 3.79. The topological polar surface area (TPSA) is 39.7 Å². The summed E-state index contributed by atoms with van der Waals surface area (Å²) in [5, 5.41) is 0. The Morgan fingerprint density at radius 2 is 2.00 bits per heavy atom. The second kappa shape index (κ2) is 6.42. The highest BCUT2D eigenvalue weighted by molar-refractivity contribution is 5.47. The van der Waals surface area contributed by atoms with Gasteiger partial charge in [-0.15, -0.1) is 0 Å². The lowest BCUT2D eigenvalue weighted by atomic mass is 10.1. The quantitative estimate of drug-likeness (QED) is 0.778. The molecule has 0 radical (unpaired) electrons. The number of hydrogen-bond donors (Lipinski definition) is 1. The summed E-state index contributed by atoms with van der Waals surface area (Å²) in [6.45, 7) is 4.14. The summed E-state index contributed by atoms with van der Waals surface area (Å²) in [4.78, 5) is 4.75. The third-order valence-electron chi connectivity index (χ3n) is 2.08. The van der Waals surface area contributed by atoms with Crippen LogP contribution in [0.5, 0.6) is 11.5 Å². The molecule has 0 bridgehead atoms. The normalized spacial score (nSPS) is 10.7. The van der Waals surface area contributed by atoms with Gasteiger partial charge in [0.2, 0.25) is 0 Å². The Balaban J connectivity index is 3.08. The van der Waals surface area contributed by atoms with Crippen LogP contribution in [0, 0.1) is 5.82 Å². The number of rotatable bonds is 6. The van der Waals surface area contributed by atoms with Crippen LogP contribution in [0.1, 0.15) is 19.4 Å². The van der Waals surface area contributed by atoms with Gasteiger partial charge in [0.05, 0.1) is 20.3 Å². The zero-order valence-corrected chi connectivity index (χ0v) is 10.5. The van der Waals surface area contributed by atoms with Crippen molar-refractivity contribution in [3.05, 3.63) is 23.5 Å². The lowest BCUT2D eigenvalue weighted by Crippen LogP contribution is -2.15. The molecular weight excluding hydrogens is 225 g/mol. The molecule has 1 aromatic carbocycles. The van der Waals surface area contributed by atoms with E-state index in [0.29, 0.717) is 23.6 Å². The number of hydrogen-bond acceptors (Lipinski definition) is 4. The molecule has 0 saturated carbocycles. The van der Waals surface area contributed by atoms with Crippen molar-refractivity contribution in [1.29, 1.82) is 0 Å². The van der Waals surface area contributed by atoms with Crippen molar-refractivity contribution in [2.75, 3.05) is 14.2 Å². The van der Waals surface area contributed by atoms with Gasteiger partial charge in [0.25, 0.3) is 0 Å². The Hall–Kier alpha value is -1.33. The molecule has 0 fully saturated rings. The van der Waals surface area contributed by atoms with E-state index in [4.69, 9.17) is 14.3 Å². The fourth-order valence-corrected chi connectivity index (χ4v) is 1.43. The fraction of sp³-hybridized carbons (Fsp3) is 0.500. The molecule has 1 N–H and O–H groups in total. The van der Waals surface area contributed by atoms with Gasteiger partial charge in [0, 0.05) is 18.2 Å². The third-order valence-corrected chi connectivity index (χ3v) is 2.08. The van der Waals surface area contributed by atoms with Gasteiger partial charge in [-0.25, -0.2) is 4.39 Å². The van der Waals surface area contributed by atoms with E-state index >= 15 is 0 Å². The van der Waals surface area contributed by atoms with Gasteiger partial charge in [-0.2, -0.15) is 5.48 Å². The summed E-state index contributed by atoms with van der Waals surface area (Å²) in [6, 6.07) is 2.69. The number of hydroxylamine groups is 1. The van der Waals surface area contributed by atoms with Crippen molar-refractivity contribution in [3.8, 4) is 11.5 Å². The van der Waals surface area contributed by atoms with Crippen LogP contribution < -0.4 is 15.0 Å². The maximum Gasteiger partial charge on any atom is 0.166 e. The zero-order valence-electron chi connectivity index (χ0n) is 10.5. The van der Waals surface area contributed by atoms with Crippen LogP contribution >= 0.6 is 0 Å². The van der Waals surface area contributed by atoms with Crippen molar-refractivity contribution in [3.63, 3.8) is 0 Å². The van der Waals surface area contributed by atoms with Crippen LogP contribution in [0.2, 0.25) is 0 Å². The van der Waals surface area contributed by atoms with Crippen molar-refractivity contribution >= 4 is 0 Å². The largest absolute Gasteiger partial charge is 0.493 e. The highest BCUT2D eigenvalue weighted by Gasteiger charge is 2.14. The summed E-state index contributed by atoms with van der Waals surface area (Å²) in [6.07, 6.45) is -0.0179. The average Bonchev–Trinajstić information content (AvgIpc) is 2.28. The zero-order chi connectivity index (χ0) is 12.8. The van der Waals surface area contributed by atoms with E-state index in [1.807, 2.05) is 13.8 Å². The van der Waals surface area contributed by atoms with Crippen molar-refractivity contribution in [1.82, 2.24) is 5.48 Å². The van der Waals surface area contributed by atoms with Crippen LogP contribution in [-0.4, -0.2) is 20.3 Å². The summed E-state index contributed by atoms with van der Waals surface area (Å²) >= 11 is 0. The van der Waals surface area contributed by atoms with E-state index in [-0.39, 0.29) is 11.9 Å². The molecule has 4 nitrogen and oxygen atoms in total. The molecule has 0 aliphatic carbocycles. The van der Waals surface area contributed by atoms with Crippen LogP contribution in [0.3, 0.4) is 0 Å². The van der Waals surface area contributed by atoms with E-state index in [1.54, 1.807) is 0 Å². The molecule has 1 rings (SSSR count). The minimum Gasteiger partial charge on any atom is -0.493 e. The first-order valence-corrected chi connectivity index (χ1v) is 5.37. The molecule has 0 heterocycles. The minimum absolute atomic E-state index is 0.0179. The van der Waals surface area contributed by atoms with E-state index in [1.165, 1.54) is 26.4 Å². The fourth-order valence-electron chi connectivity index (χ4n) is 1.43. The Kier molecular flexibility index (Phi) is 5.18. The third kappa shape index (κ3) is 3.87. The lowest BCUT2D eigenvalue weighted by Gasteiger charge is -2.17. The molecule has 0 saturated heterocycles. The first-order chi connectivity index (χ1) is 8.08. The molecule has 0 atom stereocenters. The summed E-state index contributed by atoms with van der Waals surface area (Å²) < 4.78 is 24.1. The maximum absolute atomic E-state index is 13.4. The molecule has 0 aliphatic heterocycles. The monoisotopic (exact) mass is 243 g/mol. The Bertz CT molecular complexity index is 369. The van der Waals surface area contributed by atoms with Crippen LogP contribution in [-0.2, 0) is 11.4 Å². The van der Waals surface area contributed by atoms with E-state index in [9.17, 15) is 4.39 Å². The number of benzene rings is 1. The average molecular weight is 243 g/mol. The van der Waals surface area contributed by atoms with Gasteiger partial charge in [0.15, 0.2) is 11.5 Å². The van der Waals surface area contributed by atoms with Gasteiger partial charge in [-0.05, 0) is 19.9 Å². The summed E-state index contributed by atoms with van der Waals surface area (Å²) in [5.74, 6) is 0.547. The Labute approximate surface area is 101 Å². The van der Waals surface area contributed by atoms with Gasteiger partial charge < -0.3 is 14.3 Å². The lowest BCUT2D eigenvalue weighted by molar-refractivity contribution is 0.0853. The predicted molar refractivity (Wildman–Crippen MR) is 62.6 cm³/mol. The van der Waals surface area contributed by atoms with Gasteiger partial charge in [-0.3, -0.25) is 0 Å². The number of ether oxygens (including phenoxy) is 2. The molecule has 0 aromatic heterocycles. The summed E-state index contributed by atoms with van der Waals surface area (Å²) in [5.41, 5.74) is 3.30. The van der Waals surface area contributed by atoms with E-state index < -0.39 is 0 Å². The highest BCUT2D eigenvalue weighted by atomic mass is 19.1. The minimum atomic E-state index is -0.370. The van der Waals surface area contributed by atoms with Crippen molar-refractivity contribution in [2.24, 2.45) is 0 Å². The molecule has 0 amide bonds. The number of methoxy groups -OCH3 is 1. The Morgan fingerprint density at radius 3 is 2.53 bits per heavy atom. The maximum atomic E-state index is 13.4. The van der Waals surface area contributed by atoms with E-state index in [2.05, 4.69) is 5.48 Å². The molecule has 0 spiro atoms. The van der Waals surface area contributed by atoms with Crippen LogP contribution in [0.15, 0.2) is 12.1 Å². The van der Waals surface area contributed by atoms with Crippen molar-refractivity contribution < 1.29 is 18.7 Å². The molecule has 0 aliphatic rings. The molecule has 96 valence electrons. The predicted octanol–water partition coefficient (Wildman–Crippen LogP) is 2.27. The molecule has 0 unspecified atom stereocenters. The summed E-state index contributed by atoms with van der Waals surface area (Å²) in [7, 11) is 2.98. The van der Waals surface area contributed by atoms with Crippen LogP contribution in [0.25, 0.3) is 0 Å². The SMILES string of the molecule is CONCc1cc(F)cc(OC)c1OC(C)C. The highest BCUT2D eigenvalue weighted by Crippen LogP contribution is 2.33. The van der Waals surface area contributed by atoms with Gasteiger partial charge in [-0.1, -0.05) is 0 Å². The molecular formula is C12H18FNO3. The van der Waals surface area contributed by atoms with E-state index in [0.717, 1.165) is 0 Å². The van der Waals surface area contributed by atoms with Crippen LogP contribution in [0.4, 0.5) is 4.39 Å². The number of halogens is 1. The van der Waals surface area contributed by atoms with Gasteiger partial charge in [0.1, 0.15) is 5.82 Å². The first-order valence-electron chi connectivity index (χ1n) is 5.37. The standard InChI is InChI=1S/C12H18FNO3/c1-8(2)17-12-9(7-14-16-4)5-10(13)6-11(12)15-3/h5-6,8,14H,7H2,1-4H3. The van der Waals surface area contributed by atoms with Gasteiger partial charge >= 0.3 is 0 Å². The number of nitrogens with one attached hydrogen (secondary N) is 1. The Morgan fingerprint density at radius 1 is 1.29 bits per heavy atom. The smallest absolute Gasteiger partial charge is 0.166 e. The molecule has 5 heteroatoms. The second-order valence-corrected chi connectivity index (χ2v) is 3.79. The molecule has 17 heavy (non-hydrogen) atoms.